The highest BCUT2D eigenvalue weighted by atomic mass is 32.1. The van der Waals surface area contributed by atoms with E-state index < -0.39 is 0 Å². The van der Waals surface area contributed by atoms with Crippen LogP contribution >= 0.6 is 11.3 Å². The van der Waals surface area contributed by atoms with Crippen LogP contribution < -0.4 is 4.74 Å². The van der Waals surface area contributed by atoms with Gasteiger partial charge in [0.05, 0.1) is 17.8 Å². The summed E-state index contributed by atoms with van der Waals surface area (Å²) in [5.74, 6) is 0.883. The zero-order valence-corrected chi connectivity index (χ0v) is 12.4. The molecule has 1 heterocycles. The van der Waals surface area contributed by atoms with Crippen LogP contribution in [0.1, 0.15) is 17.0 Å². The van der Waals surface area contributed by atoms with E-state index in [1.807, 2.05) is 6.07 Å². The van der Waals surface area contributed by atoms with Crippen LogP contribution in [0.4, 0.5) is 0 Å². The third-order valence-corrected chi connectivity index (χ3v) is 3.83. The van der Waals surface area contributed by atoms with Gasteiger partial charge in [0.2, 0.25) is 0 Å². The fourth-order valence-electron chi connectivity index (χ4n) is 1.93. The number of rotatable bonds is 6. The predicted octanol–water partition coefficient (Wildman–Crippen LogP) is 3.71. The van der Waals surface area contributed by atoms with E-state index in [0.717, 1.165) is 41.5 Å². The SMILES string of the molecule is COCCCc1nc(-c2ccc(C)cc2OC)cs1. The summed E-state index contributed by atoms with van der Waals surface area (Å²) < 4.78 is 10.5. The molecular weight excluding hydrogens is 258 g/mol. The zero-order valence-electron chi connectivity index (χ0n) is 11.6. The molecule has 0 unspecified atom stereocenters. The summed E-state index contributed by atoms with van der Waals surface area (Å²) >= 11 is 1.70. The lowest BCUT2D eigenvalue weighted by molar-refractivity contribution is 0.195. The van der Waals surface area contributed by atoms with Gasteiger partial charge in [0.1, 0.15) is 5.75 Å². The smallest absolute Gasteiger partial charge is 0.128 e. The zero-order chi connectivity index (χ0) is 13.7. The number of methoxy groups -OCH3 is 2. The molecule has 0 radical (unpaired) electrons. The van der Waals surface area contributed by atoms with Gasteiger partial charge in [0.15, 0.2) is 0 Å². The van der Waals surface area contributed by atoms with E-state index in [1.54, 1.807) is 25.6 Å². The number of benzene rings is 1. The molecule has 0 aliphatic rings. The predicted molar refractivity (Wildman–Crippen MR) is 79.0 cm³/mol. The van der Waals surface area contributed by atoms with E-state index in [0.29, 0.717) is 0 Å². The summed E-state index contributed by atoms with van der Waals surface area (Å²) in [4.78, 5) is 4.67. The van der Waals surface area contributed by atoms with Crippen molar-refractivity contribution in [2.24, 2.45) is 0 Å². The topological polar surface area (TPSA) is 31.4 Å². The molecular formula is C15H19NO2S. The first-order valence-corrected chi connectivity index (χ1v) is 7.21. The van der Waals surface area contributed by atoms with Gasteiger partial charge in [-0.2, -0.15) is 0 Å². The van der Waals surface area contributed by atoms with E-state index >= 15 is 0 Å². The molecule has 0 N–H and O–H groups in total. The molecule has 0 saturated heterocycles. The first-order chi connectivity index (χ1) is 9.24. The first kappa shape index (κ1) is 14.0. The monoisotopic (exact) mass is 277 g/mol. The summed E-state index contributed by atoms with van der Waals surface area (Å²) in [5.41, 5.74) is 3.24. The van der Waals surface area contributed by atoms with Crippen molar-refractivity contribution in [3.63, 3.8) is 0 Å². The van der Waals surface area contributed by atoms with E-state index in [1.165, 1.54) is 5.56 Å². The highest BCUT2D eigenvalue weighted by molar-refractivity contribution is 7.09. The summed E-state index contributed by atoms with van der Waals surface area (Å²) in [6.45, 7) is 2.84. The molecule has 4 heteroatoms. The molecule has 2 rings (SSSR count). The Morgan fingerprint density at radius 2 is 2.11 bits per heavy atom. The number of nitrogens with zero attached hydrogens (tertiary/aromatic N) is 1. The van der Waals surface area contributed by atoms with Crippen LogP contribution in [0.2, 0.25) is 0 Å². The fourth-order valence-corrected chi connectivity index (χ4v) is 2.77. The lowest BCUT2D eigenvalue weighted by atomic mass is 10.1. The fraction of sp³-hybridized carbons (Fsp3) is 0.400. The van der Waals surface area contributed by atoms with E-state index in [2.05, 4.69) is 29.4 Å². The third kappa shape index (κ3) is 3.55. The molecule has 3 nitrogen and oxygen atoms in total. The van der Waals surface area contributed by atoms with Crippen LogP contribution in [0.15, 0.2) is 23.6 Å². The van der Waals surface area contributed by atoms with Gasteiger partial charge in [-0.25, -0.2) is 4.98 Å². The lowest BCUT2D eigenvalue weighted by Gasteiger charge is -2.07. The molecule has 102 valence electrons. The Bertz CT molecular complexity index is 537. The number of aromatic nitrogens is 1. The van der Waals surface area contributed by atoms with Gasteiger partial charge in [-0.15, -0.1) is 11.3 Å². The lowest BCUT2D eigenvalue weighted by Crippen LogP contribution is -1.93. The van der Waals surface area contributed by atoms with Gasteiger partial charge in [-0.3, -0.25) is 0 Å². The number of aryl methyl sites for hydroxylation is 2. The number of thiazole rings is 1. The second-order valence-corrected chi connectivity index (χ2v) is 5.37. The Balaban J connectivity index is 2.18. The minimum atomic E-state index is 0.781. The molecule has 1 aromatic heterocycles. The summed E-state index contributed by atoms with van der Waals surface area (Å²) in [6.07, 6.45) is 1.97. The number of hydrogen-bond acceptors (Lipinski definition) is 4. The van der Waals surface area contributed by atoms with Gasteiger partial charge in [-0.05, 0) is 31.0 Å². The van der Waals surface area contributed by atoms with Crippen molar-refractivity contribution in [3.8, 4) is 17.0 Å². The second-order valence-electron chi connectivity index (χ2n) is 4.43. The van der Waals surface area contributed by atoms with Crippen LogP contribution in [0.3, 0.4) is 0 Å². The maximum Gasteiger partial charge on any atom is 0.128 e. The molecule has 0 saturated carbocycles. The molecule has 0 fully saturated rings. The summed E-state index contributed by atoms with van der Waals surface area (Å²) in [7, 11) is 3.43. The Morgan fingerprint density at radius 3 is 2.84 bits per heavy atom. The van der Waals surface area contributed by atoms with E-state index in [4.69, 9.17) is 9.47 Å². The summed E-state index contributed by atoms with van der Waals surface area (Å²) in [6, 6.07) is 6.20. The van der Waals surface area contributed by atoms with Gasteiger partial charge in [0, 0.05) is 31.1 Å². The standard InChI is InChI=1S/C15H19NO2S/c1-11-6-7-12(14(9-11)18-3)13-10-19-15(16-13)5-4-8-17-2/h6-7,9-10H,4-5,8H2,1-3H3. The molecule has 2 aromatic rings. The maximum atomic E-state index is 5.43. The quantitative estimate of drug-likeness (QED) is 0.754. The average molecular weight is 277 g/mol. The van der Waals surface area contributed by atoms with Crippen LogP contribution in [-0.2, 0) is 11.2 Å². The van der Waals surface area contributed by atoms with Crippen LogP contribution in [0.5, 0.6) is 5.75 Å². The molecule has 0 bridgehead atoms. The molecule has 1 aromatic carbocycles. The van der Waals surface area contributed by atoms with E-state index in [-0.39, 0.29) is 0 Å². The molecule has 0 aliphatic heterocycles. The highest BCUT2D eigenvalue weighted by Gasteiger charge is 2.10. The van der Waals surface area contributed by atoms with Crippen molar-refractivity contribution in [1.29, 1.82) is 0 Å². The Labute approximate surface area is 118 Å². The van der Waals surface area contributed by atoms with E-state index in [9.17, 15) is 0 Å². The van der Waals surface area contributed by atoms with Gasteiger partial charge >= 0.3 is 0 Å². The Kier molecular flexibility index (Phi) is 4.93. The van der Waals surface area contributed by atoms with Crippen LogP contribution in [0, 0.1) is 6.92 Å². The Morgan fingerprint density at radius 1 is 1.26 bits per heavy atom. The number of hydrogen-bond donors (Lipinski definition) is 0. The van der Waals surface area contributed by atoms with Crippen LogP contribution in [0.25, 0.3) is 11.3 Å². The second kappa shape index (κ2) is 6.68. The highest BCUT2D eigenvalue weighted by Crippen LogP contribution is 2.31. The van der Waals surface area contributed by atoms with Crippen LogP contribution in [-0.4, -0.2) is 25.8 Å². The molecule has 0 atom stereocenters. The largest absolute Gasteiger partial charge is 0.496 e. The first-order valence-electron chi connectivity index (χ1n) is 6.33. The normalized spacial score (nSPS) is 10.7. The Hall–Kier alpha value is -1.39. The summed E-state index contributed by atoms with van der Waals surface area (Å²) in [5, 5.41) is 3.24. The van der Waals surface area contributed by atoms with Crippen molar-refractivity contribution < 1.29 is 9.47 Å². The molecule has 0 amide bonds. The number of ether oxygens (including phenoxy) is 2. The van der Waals surface area contributed by atoms with Crippen molar-refractivity contribution in [2.75, 3.05) is 20.8 Å². The maximum absolute atomic E-state index is 5.43. The molecule has 19 heavy (non-hydrogen) atoms. The van der Waals surface area contributed by atoms with Crippen molar-refractivity contribution in [2.45, 2.75) is 19.8 Å². The van der Waals surface area contributed by atoms with Crippen molar-refractivity contribution >= 4 is 11.3 Å². The van der Waals surface area contributed by atoms with Gasteiger partial charge < -0.3 is 9.47 Å². The minimum absolute atomic E-state index is 0.781. The average Bonchev–Trinajstić information content (AvgIpc) is 2.87. The minimum Gasteiger partial charge on any atom is -0.496 e. The molecule has 0 aliphatic carbocycles. The van der Waals surface area contributed by atoms with Crippen molar-refractivity contribution in [3.05, 3.63) is 34.2 Å². The molecule has 0 spiro atoms. The van der Waals surface area contributed by atoms with Crippen molar-refractivity contribution in [1.82, 2.24) is 4.98 Å². The van der Waals surface area contributed by atoms with Gasteiger partial charge in [-0.1, -0.05) is 6.07 Å². The van der Waals surface area contributed by atoms with Gasteiger partial charge in [0.25, 0.3) is 0 Å². The third-order valence-electron chi connectivity index (χ3n) is 2.92.